The molecule has 2 heterocycles. The molecule has 116 valence electrons. The average molecular weight is 333 g/mol. The molecule has 0 fully saturated rings. The first kappa shape index (κ1) is 14.6. The molecule has 0 saturated carbocycles. The highest BCUT2D eigenvalue weighted by Gasteiger charge is 2.17. The summed E-state index contributed by atoms with van der Waals surface area (Å²) < 4.78 is 2.00. The van der Waals surface area contributed by atoms with E-state index in [0.717, 1.165) is 28.5 Å². The van der Waals surface area contributed by atoms with Gasteiger partial charge in [-0.05, 0) is 30.3 Å². The predicted molar refractivity (Wildman–Crippen MR) is 95.0 cm³/mol. The summed E-state index contributed by atoms with van der Waals surface area (Å²) >= 11 is 6.19. The first-order valence-electron chi connectivity index (χ1n) is 7.50. The average Bonchev–Trinajstić information content (AvgIpc) is 3.08. The fourth-order valence-electron chi connectivity index (χ4n) is 2.60. The van der Waals surface area contributed by atoms with Gasteiger partial charge in [-0.25, -0.2) is 0 Å². The first-order valence-corrected chi connectivity index (χ1v) is 7.88. The summed E-state index contributed by atoms with van der Waals surface area (Å²) in [6, 6.07) is 21.5. The molecule has 24 heavy (non-hydrogen) atoms. The van der Waals surface area contributed by atoms with Crippen molar-refractivity contribution in [3.8, 4) is 28.5 Å². The highest BCUT2D eigenvalue weighted by molar-refractivity contribution is 6.30. The number of hydrogen-bond acceptors (Lipinski definition) is 3. The minimum Gasteiger partial charge on any atom is -0.275 e. The Morgan fingerprint density at radius 1 is 0.750 bits per heavy atom. The van der Waals surface area contributed by atoms with Crippen LogP contribution in [0.15, 0.2) is 79.1 Å². The summed E-state index contributed by atoms with van der Waals surface area (Å²) in [6.45, 7) is 0. The van der Waals surface area contributed by atoms with E-state index >= 15 is 0 Å². The second kappa shape index (κ2) is 6.26. The molecule has 4 rings (SSSR count). The molecule has 0 bridgehead atoms. The van der Waals surface area contributed by atoms with Gasteiger partial charge in [0, 0.05) is 28.5 Å². The largest absolute Gasteiger partial charge is 0.275 e. The lowest BCUT2D eigenvalue weighted by molar-refractivity contribution is 1.07. The molecule has 5 heteroatoms. The molecule has 0 aliphatic rings. The molecule has 0 amide bonds. The van der Waals surface area contributed by atoms with Crippen LogP contribution in [0.4, 0.5) is 0 Å². The second-order valence-electron chi connectivity index (χ2n) is 5.27. The molecule has 0 aliphatic carbocycles. The van der Waals surface area contributed by atoms with Crippen LogP contribution in [0.5, 0.6) is 0 Å². The van der Waals surface area contributed by atoms with Gasteiger partial charge in [-0.1, -0.05) is 48.0 Å². The molecule has 4 aromatic rings. The minimum atomic E-state index is 0.664. The highest BCUT2D eigenvalue weighted by Crippen LogP contribution is 2.28. The van der Waals surface area contributed by atoms with Crippen molar-refractivity contribution in [1.29, 1.82) is 0 Å². The Bertz CT molecular complexity index is 908. The second-order valence-corrected chi connectivity index (χ2v) is 5.71. The Kier molecular flexibility index (Phi) is 3.81. The zero-order chi connectivity index (χ0) is 16.4. The van der Waals surface area contributed by atoms with E-state index in [0.29, 0.717) is 5.02 Å². The quantitative estimate of drug-likeness (QED) is 0.548. The Morgan fingerprint density at radius 2 is 1.50 bits per heavy atom. The zero-order valence-electron chi connectivity index (χ0n) is 12.7. The van der Waals surface area contributed by atoms with Crippen molar-refractivity contribution in [2.75, 3.05) is 0 Å². The van der Waals surface area contributed by atoms with Gasteiger partial charge in [0.25, 0.3) is 0 Å². The van der Waals surface area contributed by atoms with Gasteiger partial charge in [-0.2, -0.15) is 0 Å². The Labute approximate surface area is 144 Å². The summed E-state index contributed by atoms with van der Waals surface area (Å²) in [5.74, 6) is 1.49. The molecule has 2 aromatic heterocycles. The van der Waals surface area contributed by atoms with Crippen molar-refractivity contribution < 1.29 is 0 Å². The summed E-state index contributed by atoms with van der Waals surface area (Å²) in [6.07, 6.45) is 3.52. The van der Waals surface area contributed by atoms with E-state index in [4.69, 9.17) is 11.6 Å². The molecule has 0 atom stereocenters. The van der Waals surface area contributed by atoms with Crippen LogP contribution in [0, 0.1) is 0 Å². The van der Waals surface area contributed by atoms with E-state index in [1.54, 1.807) is 12.4 Å². The van der Waals surface area contributed by atoms with Crippen LogP contribution >= 0.6 is 11.6 Å². The number of pyridine rings is 1. The third kappa shape index (κ3) is 2.68. The number of benzene rings is 2. The van der Waals surface area contributed by atoms with E-state index in [9.17, 15) is 0 Å². The van der Waals surface area contributed by atoms with Crippen LogP contribution in [-0.4, -0.2) is 19.7 Å². The van der Waals surface area contributed by atoms with Crippen molar-refractivity contribution in [2.45, 2.75) is 0 Å². The van der Waals surface area contributed by atoms with Crippen LogP contribution in [0.3, 0.4) is 0 Å². The zero-order valence-corrected chi connectivity index (χ0v) is 13.4. The van der Waals surface area contributed by atoms with Gasteiger partial charge in [0.05, 0.1) is 5.69 Å². The van der Waals surface area contributed by atoms with Crippen LogP contribution < -0.4 is 0 Å². The van der Waals surface area contributed by atoms with Crippen LogP contribution in [0.25, 0.3) is 28.5 Å². The van der Waals surface area contributed by atoms with Gasteiger partial charge in [0.1, 0.15) is 0 Å². The predicted octanol–water partition coefficient (Wildman–Crippen LogP) is 4.65. The lowest BCUT2D eigenvalue weighted by Crippen LogP contribution is -2.00. The first-order chi connectivity index (χ1) is 11.8. The van der Waals surface area contributed by atoms with Crippen LogP contribution in [-0.2, 0) is 0 Å². The molecule has 4 nitrogen and oxygen atoms in total. The van der Waals surface area contributed by atoms with Crippen LogP contribution in [0.1, 0.15) is 0 Å². The number of halogens is 1. The molecule has 0 unspecified atom stereocenters. The van der Waals surface area contributed by atoms with Crippen molar-refractivity contribution in [1.82, 2.24) is 19.7 Å². The molecule has 0 aliphatic heterocycles. The Hall–Kier alpha value is -2.98. The van der Waals surface area contributed by atoms with Crippen molar-refractivity contribution in [3.05, 3.63) is 84.1 Å². The third-order valence-corrected chi connectivity index (χ3v) is 3.92. The van der Waals surface area contributed by atoms with E-state index in [1.165, 1.54) is 0 Å². The fourth-order valence-corrected chi connectivity index (χ4v) is 2.78. The molecular formula is C19H13ClN4. The number of aromatic nitrogens is 4. The number of hydrogen-bond donors (Lipinski definition) is 0. The summed E-state index contributed by atoms with van der Waals surface area (Å²) in [4.78, 5) is 4.19. The molecule has 0 radical (unpaired) electrons. The maximum absolute atomic E-state index is 6.19. The topological polar surface area (TPSA) is 43.6 Å². The van der Waals surface area contributed by atoms with Crippen molar-refractivity contribution in [2.24, 2.45) is 0 Å². The van der Waals surface area contributed by atoms with Gasteiger partial charge >= 0.3 is 0 Å². The van der Waals surface area contributed by atoms with Crippen molar-refractivity contribution >= 4 is 11.6 Å². The number of nitrogens with zero attached hydrogens (tertiary/aromatic N) is 4. The molecule has 0 spiro atoms. The lowest BCUT2D eigenvalue weighted by atomic mass is 10.2. The molecular weight excluding hydrogens is 320 g/mol. The van der Waals surface area contributed by atoms with Gasteiger partial charge in [-0.15, -0.1) is 10.2 Å². The summed E-state index contributed by atoms with van der Waals surface area (Å²) in [5, 5.41) is 9.47. The SMILES string of the molecule is Clc1cccc(-n2c(-c3ccccc3)nnc2-c2cccnc2)c1. The smallest absolute Gasteiger partial charge is 0.170 e. The van der Waals surface area contributed by atoms with E-state index < -0.39 is 0 Å². The van der Waals surface area contributed by atoms with Crippen molar-refractivity contribution in [3.63, 3.8) is 0 Å². The standard InChI is InChI=1S/C19H13ClN4/c20-16-9-4-10-17(12-16)24-18(14-6-2-1-3-7-14)22-23-19(24)15-8-5-11-21-13-15/h1-13H. The Morgan fingerprint density at radius 3 is 2.21 bits per heavy atom. The monoisotopic (exact) mass is 332 g/mol. The fraction of sp³-hybridized carbons (Fsp3) is 0. The molecule has 2 aromatic carbocycles. The summed E-state index contributed by atoms with van der Waals surface area (Å²) in [7, 11) is 0. The normalized spacial score (nSPS) is 10.7. The molecule has 0 N–H and O–H groups in total. The van der Waals surface area contributed by atoms with Gasteiger partial charge in [0.15, 0.2) is 11.6 Å². The molecule has 0 saturated heterocycles. The minimum absolute atomic E-state index is 0.664. The Balaban J connectivity index is 1.98. The van der Waals surface area contributed by atoms with E-state index in [2.05, 4.69) is 15.2 Å². The summed E-state index contributed by atoms with van der Waals surface area (Å²) in [5.41, 5.74) is 2.79. The third-order valence-electron chi connectivity index (χ3n) is 3.68. The maximum atomic E-state index is 6.19. The van der Waals surface area contributed by atoms with Crippen LogP contribution in [0.2, 0.25) is 5.02 Å². The highest BCUT2D eigenvalue weighted by atomic mass is 35.5. The van der Waals surface area contributed by atoms with Gasteiger partial charge < -0.3 is 0 Å². The van der Waals surface area contributed by atoms with Gasteiger partial charge in [0.2, 0.25) is 0 Å². The maximum Gasteiger partial charge on any atom is 0.170 e. The number of rotatable bonds is 3. The lowest BCUT2D eigenvalue weighted by Gasteiger charge is -2.11. The van der Waals surface area contributed by atoms with Gasteiger partial charge in [-0.3, -0.25) is 9.55 Å². The van der Waals surface area contributed by atoms with E-state index in [1.807, 2.05) is 71.3 Å². The van der Waals surface area contributed by atoms with E-state index in [-0.39, 0.29) is 0 Å².